The highest BCUT2D eigenvalue weighted by molar-refractivity contribution is 7.99. The van der Waals surface area contributed by atoms with Gasteiger partial charge in [-0.25, -0.2) is 0 Å². The van der Waals surface area contributed by atoms with E-state index < -0.39 is 23.7 Å². The van der Waals surface area contributed by atoms with Crippen LogP contribution >= 0.6 is 11.8 Å². The first kappa shape index (κ1) is 15.2. The zero-order valence-corrected chi connectivity index (χ0v) is 12.4. The summed E-state index contributed by atoms with van der Waals surface area (Å²) in [6.45, 7) is 0. The normalized spacial score (nSPS) is 28.3. The molecule has 2 aromatic rings. The highest BCUT2D eigenvalue weighted by Gasteiger charge is 2.38. The van der Waals surface area contributed by atoms with Crippen LogP contribution in [-0.4, -0.2) is 54.8 Å². The number of aliphatic hydroxyl groups excluding tert-OH is 3. The van der Waals surface area contributed by atoms with Crippen LogP contribution in [0.5, 0.6) is 5.75 Å². The topological polar surface area (TPSA) is 95.7 Å². The summed E-state index contributed by atoms with van der Waals surface area (Å²) in [4.78, 5) is 8.29. The second-order valence-corrected chi connectivity index (χ2v) is 6.09. The number of rotatable bonds is 3. The molecule has 3 rings (SSSR count). The fourth-order valence-electron chi connectivity index (χ4n) is 2.22. The summed E-state index contributed by atoms with van der Waals surface area (Å²) >= 11 is 1.26. The lowest BCUT2D eigenvalue weighted by molar-refractivity contribution is -0.0785. The van der Waals surface area contributed by atoms with Crippen molar-refractivity contribution < 1.29 is 20.1 Å². The predicted molar refractivity (Wildman–Crippen MR) is 82.4 cm³/mol. The Morgan fingerprint density at radius 3 is 2.59 bits per heavy atom. The first-order valence-corrected chi connectivity index (χ1v) is 7.89. The summed E-state index contributed by atoms with van der Waals surface area (Å²) < 4.78 is 5.83. The average molecular weight is 320 g/mol. The molecule has 0 spiro atoms. The minimum atomic E-state index is -1.22. The van der Waals surface area contributed by atoms with Crippen molar-refractivity contribution in [3.05, 3.63) is 42.9 Å². The quantitative estimate of drug-likeness (QED) is 0.765. The molecule has 0 aliphatic carbocycles. The fourth-order valence-corrected chi connectivity index (χ4v) is 3.33. The first-order valence-electron chi connectivity index (χ1n) is 6.84. The maximum Gasteiger partial charge on any atom is 0.173 e. The highest BCUT2D eigenvalue weighted by Crippen LogP contribution is 2.33. The van der Waals surface area contributed by atoms with Gasteiger partial charge in [0.2, 0.25) is 0 Å². The van der Waals surface area contributed by atoms with Gasteiger partial charge < -0.3 is 20.1 Å². The van der Waals surface area contributed by atoms with Crippen LogP contribution in [0.15, 0.2) is 42.9 Å². The van der Waals surface area contributed by atoms with Crippen molar-refractivity contribution in [1.29, 1.82) is 0 Å². The number of thioether (sulfide) groups is 1. The molecule has 0 unspecified atom stereocenters. The van der Waals surface area contributed by atoms with E-state index in [1.807, 2.05) is 12.1 Å². The molecule has 6 nitrogen and oxygen atoms in total. The molecule has 1 saturated heterocycles. The van der Waals surface area contributed by atoms with Gasteiger partial charge in [0.15, 0.2) is 5.44 Å². The molecular weight excluding hydrogens is 304 g/mol. The third-order valence-corrected chi connectivity index (χ3v) is 4.66. The Morgan fingerprint density at radius 2 is 1.82 bits per heavy atom. The standard InChI is InChI=1S/C15H16N2O4S/c18-10-8-22-15(14(20)13(10)19)21-11-2-1-5-17-12(11)9-3-6-16-7-4-9/h1-7,10,13-15,18-20H,8H2/t10-,13+,14-,15-/m1/s1. The Balaban J connectivity index is 1.84. The van der Waals surface area contributed by atoms with E-state index in [2.05, 4.69) is 9.97 Å². The molecule has 3 N–H and O–H groups in total. The smallest absolute Gasteiger partial charge is 0.173 e. The zero-order chi connectivity index (χ0) is 15.5. The van der Waals surface area contributed by atoms with E-state index in [4.69, 9.17) is 4.74 Å². The van der Waals surface area contributed by atoms with Gasteiger partial charge in [-0.2, -0.15) is 0 Å². The van der Waals surface area contributed by atoms with Crippen molar-refractivity contribution in [3.8, 4) is 17.0 Å². The summed E-state index contributed by atoms with van der Waals surface area (Å²) in [5.74, 6) is 0.808. The van der Waals surface area contributed by atoms with Gasteiger partial charge in [0.1, 0.15) is 23.7 Å². The summed E-state index contributed by atoms with van der Waals surface area (Å²) in [6, 6.07) is 7.13. The molecule has 1 fully saturated rings. The Hall–Kier alpha value is -1.67. The van der Waals surface area contributed by atoms with Crippen LogP contribution in [0.4, 0.5) is 0 Å². The lowest BCUT2D eigenvalue weighted by Crippen LogP contribution is -2.50. The molecule has 0 aromatic carbocycles. The van der Waals surface area contributed by atoms with E-state index in [-0.39, 0.29) is 0 Å². The van der Waals surface area contributed by atoms with E-state index >= 15 is 0 Å². The molecule has 22 heavy (non-hydrogen) atoms. The van der Waals surface area contributed by atoms with Crippen molar-refractivity contribution in [2.24, 2.45) is 0 Å². The Morgan fingerprint density at radius 1 is 1.05 bits per heavy atom. The van der Waals surface area contributed by atoms with Crippen LogP contribution in [0.3, 0.4) is 0 Å². The van der Waals surface area contributed by atoms with Crippen molar-refractivity contribution in [1.82, 2.24) is 9.97 Å². The Bertz CT molecular complexity index is 628. The lowest BCUT2D eigenvalue weighted by atomic mass is 10.1. The van der Waals surface area contributed by atoms with Gasteiger partial charge in [0.25, 0.3) is 0 Å². The first-order chi connectivity index (χ1) is 10.7. The van der Waals surface area contributed by atoms with Gasteiger partial charge in [-0.3, -0.25) is 9.97 Å². The molecule has 3 heterocycles. The molecule has 0 bridgehead atoms. The molecule has 0 saturated carbocycles. The average Bonchev–Trinajstić information content (AvgIpc) is 2.57. The van der Waals surface area contributed by atoms with E-state index in [9.17, 15) is 15.3 Å². The van der Waals surface area contributed by atoms with Crippen LogP contribution in [0.1, 0.15) is 0 Å². The predicted octanol–water partition coefficient (Wildman–Crippen LogP) is 0.678. The second-order valence-electron chi connectivity index (χ2n) is 4.95. The van der Waals surface area contributed by atoms with Crippen LogP contribution < -0.4 is 4.74 Å². The number of ether oxygens (including phenoxy) is 1. The molecule has 2 aromatic heterocycles. The number of aliphatic hydroxyl groups is 3. The third kappa shape index (κ3) is 3.07. The van der Waals surface area contributed by atoms with Crippen LogP contribution in [-0.2, 0) is 0 Å². The summed E-state index contributed by atoms with van der Waals surface area (Å²) in [6.07, 6.45) is 1.65. The molecule has 1 aliphatic rings. The fraction of sp³-hybridized carbons (Fsp3) is 0.333. The molecule has 1 aliphatic heterocycles. The van der Waals surface area contributed by atoms with Crippen molar-refractivity contribution >= 4 is 11.8 Å². The number of nitrogens with zero attached hydrogens (tertiary/aromatic N) is 2. The number of pyridine rings is 2. The SMILES string of the molecule is O[C@@H]1[C@@H](O)[C@H](Oc2cccnc2-c2ccncc2)SC[C@H]1O. The minimum absolute atomic E-state index is 0.299. The molecular formula is C15H16N2O4S. The maximum atomic E-state index is 10.0. The zero-order valence-electron chi connectivity index (χ0n) is 11.6. The van der Waals surface area contributed by atoms with E-state index in [0.29, 0.717) is 17.2 Å². The monoisotopic (exact) mass is 320 g/mol. The third-order valence-electron chi connectivity index (χ3n) is 3.42. The summed E-state index contributed by atoms with van der Waals surface area (Å²) in [5.41, 5.74) is 0.822. The number of aromatic nitrogens is 2. The Kier molecular flexibility index (Phi) is 4.58. The number of hydrogen-bond acceptors (Lipinski definition) is 7. The summed E-state index contributed by atoms with van der Waals surface area (Å²) in [7, 11) is 0. The Labute approximate surface area is 131 Å². The largest absolute Gasteiger partial charge is 0.475 e. The number of hydrogen-bond donors (Lipinski definition) is 3. The van der Waals surface area contributed by atoms with E-state index in [1.54, 1.807) is 30.7 Å². The molecule has 4 atom stereocenters. The van der Waals surface area contributed by atoms with Crippen LogP contribution in [0, 0.1) is 0 Å². The molecule has 0 amide bonds. The van der Waals surface area contributed by atoms with Crippen LogP contribution in [0.2, 0.25) is 0 Å². The molecule has 116 valence electrons. The van der Waals surface area contributed by atoms with Crippen LogP contribution in [0.25, 0.3) is 11.3 Å². The van der Waals surface area contributed by atoms with E-state index in [1.165, 1.54) is 11.8 Å². The van der Waals surface area contributed by atoms with Gasteiger partial charge in [0, 0.05) is 29.9 Å². The van der Waals surface area contributed by atoms with Gasteiger partial charge in [-0.1, -0.05) is 0 Å². The van der Waals surface area contributed by atoms with Crippen molar-refractivity contribution in [2.45, 2.75) is 23.7 Å². The summed E-state index contributed by atoms with van der Waals surface area (Å²) in [5, 5.41) is 29.4. The van der Waals surface area contributed by atoms with Gasteiger partial charge in [-0.15, -0.1) is 11.8 Å². The lowest BCUT2D eigenvalue weighted by Gasteiger charge is -2.34. The van der Waals surface area contributed by atoms with Crippen molar-refractivity contribution in [3.63, 3.8) is 0 Å². The highest BCUT2D eigenvalue weighted by atomic mass is 32.2. The second kappa shape index (κ2) is 6.62. The minimum Gasteiger partial charge on any atom is -0.475 e. The van der Waals surface area contributed by atoms with Gasteiger partial charge >= 0.3 is 0 Å². The molecule has 0 radical (unpaired) electrons. The van der Waals surface area contributed by atoms with Crippen molar-refractivity contribution in [2.75, 3.05) is 5.75 Å². The van der Waals surface area contributed by atoms with Gasteiger partial charge in [-0.05, 0) is 24.3 Å². The maximum absolute atomic E-state index is 10.0. The molecule has 7 heteroatoms. The van der Waals surface area contributed by atoms with Gasteiger partial charge in [0.05, 0.1) is 6.10 Å². The van der Waals surface area contributed by atoms with E-state index in [0.717, 1.165) is 5.56 Å².